The van der Waals surface area contributed by atoms with E-state index in [0.717, 1.165) is 18.6 Å². The van der Waals surface area contributed by atoms with Gasteiger partial charge in [-0.3, -0.25) is 4.90 Å². The van der Waals surface area contributed by atoms with Gasteiger partial charge in [0.05, 0.1) is 0 Å². The SMILES string of the molecule is CC1CNCN(C2CCCC2)C1. The Balaban J connectivity index is 1.85. The molecule has 1 heterocycles. The van der Waals surface area contributed by atoms with Crippen molar-refractivity contribution in [3.05, 3.63) is 0 Å². The van der Waals surface area contributed by atoms with Crippen LogP contribution in [0.1, 0.15) is 32.6 Å². The van der Waals surface area contributed by atoms with Crippen molar-refractivity contribution in [2.45, 2.75) is 38.6 Å². The monoisotopic (exact) mass is 168 g/mol. The van der Waals surface area contributed by atoms with Gasteiger partial charge in [0.1, 0.15) is 0 Å². The van der Waals surface area contributed by atoms with Gasteiger partial charge in [0.25, 0.3) is 0 Å². The van der Waals surface area contributed by atoms with Gasteiger partial charge in [-0.25, -0.2) is 0 Å². The van der Waals surface area contributed by atoms with E-state index in [-0.39, 0.29) is 0 Å². The molecule has 2 aliphatic rings. The lowest BCUT2D eigenvalue weighted by atomic mass is 10.1. The summed E-state index contributed by atoms with van der Waals surface area (Å²) in [6, 6.07) is 0.903. The Morgan fingerprint density at radius 2 is 2.00 bits per heavy atom. The fraction of sp³-hybridized carbons (Fsp3) is 1.00. The molecule has 2 rings (SSSR count). The lowest BCUT2D eigenvalue weighted by Crippen LogP contribution is -2.49. The molecule has 2 heteroatoms. The van der Waals surface area contributed by atoms with Gasteiger partial charge in [-0.2, -0.15) is 0 Å². The van der Waals surface area contributed by atoms with Gasteiger partial charge < -0.3 is 5.32 Å². The van der Waals surface area contributed by atoms with E-state index in [4.69, 9.17) is 0 Å². The highest BCUT2D eigenvalue weighted by molar-refractivity contribution is 4.80. The van der Waals surface area contributed by atoms with Crippen molar-refractivity contribution in [2.75, 3.05) is 19.8 Å². The summed E-state index contributed by atoms with van der Waals surface area (Å²) in [6.45, 7) is 6.00. The molecule has 0 radical (unpaired) electrons. The molecule has 1 aliphatic heterocycles. The van der Waals surface area contributed by atoms with Gasteiger partial charge in [-0.1, -0.05) is 19.8 Å². The van der Waals surface area contributed by atoms with Crippen LogP contribution >= 0.6 is 0 Å². The predicted octanol–water partition coefficient (Wildman–Crippen LogP) is 1.43. The molecule has 0 amide bonds. The first-order chi connectivity index (χ1) is 5.86. The second kappa shape index (κ2) is 3.75. The quantitative estimate of drug-likeness (QED) is 0.637. The molecule has 0 aromatic rings. The van der Waals surface area contributed by atoms with Gasteiger partial charge in [0.2, 0.25) is 0 Å². The van der Waals surface area contributed by atoms with Crippen LogP contribution in [0.15, 0.2) is 0 Å². The lowest BCUT2D eigenvalue weighted by molar-refractivity contribution is 0.124. The van der Waals surface area contributed by atoms with E-state index in [1.54, 1.807) is 0 Å². The van der Waals surface area contributed by atoms with Crippen LogP contribution in [-0.4, -0.2) is 30.7 Å². The molecule has 2 nitrogen and oxygen atoms in total. The summed E-state index contributed by atoms with van der Waals surface area (Å²) in [5.74, 6) is 0.847. The molecule has 1 aliphatic carbocycles. The van der Waals surface area contributed by atoms with Gasteiger partial charge in [-0.15, -0.1) is 0 Å². The average molecular weight is 168 g/mol. The minimum Gasteiger partial charge on any atom is -0.304 e. The summed E-state index contributed by atoms with van der Waals surface area (Å²) >= 11 is 0. The topological polar surface area (TPSA) is 15.3 Å². The molecule has 0 aromatic carbocycles. The first-order valence-electron chi connectivity index (χ1n) is 5.31. The molecule has 1 unspecified atom stereocenters. The Labute approximate surface area is 75.3 Å². The first-order valence-corrected chi connectivity index (χ1v) is 5.31. The normalized spacial score (nSPS) is 34.2. The van der Waals surface area contributed by atoms with Crippen molar-refractivity contribution in [3.63, 3.8) is 0 Å². The minimum absolute atomic E-state index is 0.847. The summed E-state index contributed by atoms with van der Waals surface area (Å²) < 4.78 is 0. The zero-order chi connectivity index (χ0) is 8.39. The van der Waals surface area contributed by atoms with Crippen LogP contribution < -0.4 is 5.32 Å². The van der Waals surface area contributed by atoms with Crippen LogP contribution in [0.25, 0.3) is 0 Å². The molecule has 1 atom stereocenters. The van der Waals surface area contributed by atoms with Gasteiger partial charge in [-0.05, 0) is 18.8 Å². The highest BCUT2D eigenvalue weighted by atomic mass is 15.3. The van der Waals surface area contributed by atoms with Crippen LogP contribution in [0.2, 0.25) is 0 Å². The summed E-state index contributed by atoms with van der Waals surface area (Å²) in [7, 11) is 0. The van der Waals surface area contributed by atoms with E-state index in [9.17, 15) is 0 Å². The molecule has 0 bridgehead atoms. The summed E-state index contributed by atoms with van der Waals surface area (Å²) in [5, 5.41) is 3.49. The second-order valence-corrected chi connectivity index (χ2v) is 4.43. The third-order valence-electron chi connectivity index (χ3n) is 3.19. The van der Waals surface area contributed by atoms with E-state index < -0.39 is 0 Å². The number of rotatable bonds is 1. The van der Waals surface area contributed by atoms with Crippen molar-refractivity contribution >= 4 is 0 Å². The maximum absolute atomic E-state index is 3.49. The summed E-state index contributed by atoms with van der Waals surface area (Å²) in [5.41, 5.74) is 0. The Bertz CT molecular complexity index is 141. The molecular formula is C10H20N2. The maximum atomic E-state index is 3.49. The molecular weight excluding hydrogens is 148 g/mol. The molecule has 12 heavy (non-hydrogen) atoms. The minimum atomic E-state index is 0.847. The Hall–Kier alpha value is -0.0800. The Kier molecular flexibility index (Phi) is 2.66. The van der Waals surface area contributed by atoms with Crippen molar-refractivity contribution in [1.82, 2.24) is 10.2 Å². The van der Waals surface area contributed by atoms with Crippen LogP contribution in [0.3, 0.4) is 0 Å². The third-order valence-corrected chi connectivity index (χ3v) is 3.19. The fourth-order valence-electron chi connectivity index (χ4n) is 2.53. The van der Waals surface area contributed by atoms with E-state index in [1.807, 2.05) is 0 Å². The highest BCUT2D eigenvalue weighted by Gasteiger charge is 2.25. The summed E-state index contributed by atoms with van der Waals surface area (Å²) in [6.07, 6.45) is 5.79. The molecule has 2 fully saturated rings. The summed E-state index contributed by atoms with van der Waals surface area (Å²) in [4.78, 5) is 2.64. The highest BCUT2D eigenvalue weighted by Crippen LogP contribution is 2.24. The van der Waals surface area contributed by atoms with E-state index >= 15 is 0 Å². The van der Waals surface area contributed by atoms with Crippen LogP contribution in [0.5, 0.6) is 0 Å². The molecule has 1 saturated carbocycles. The number of nitrogens with zero attached hydrogens (tertiary/aromatic N) is 1. The number of hydrogen-bond acceptors (Lipinski definition) is 2. The molecule has 70 valence electrons. The van der Waals surface area contributed by atoms with Crippen molar-refractivity contribution in [1.29, 1.82) is 0 Å². The second-order valence-electron chi connectivity index (χ2n) is 4.43. The number of nitrogens with one attached hydrogen (secondary N) is 1. The van der Waals surface area contributed by atoms with Crippen LogP contribution in [0, 0.1) is 5.92 Å². The van der Waals surface area contributed by atoms with Gasteiger partial charge >= 0.3 is 0 Å². The third kappa shape index (κ3) is 1.80. The Morgan fingerprint density at radius 3 is 2.67 bits per heavy atom. The van der Waals surface area contributed by atoms with E-state index in [0.29, 0.717) is 0 Å². The van der Waals surface area contributed by atoms with Crippen LogP contribution in [0.4, 0.5) is 0 Å². The van der Waals surface area contributed by atoms with Gasteiger partial charge in [0, 0.05) is 25.8 Å². The lowest BCUT2D eigenvalue weighted by Gasteiger charge is -2.35. The number of hydrogen-bond donors (Lipinski definition) is 1. The molecule has 0 spiro atoms. The zero-order valence-electron chi connectivity index (χ0n) is 8.05. The smallest absolute Gasteiger partial charge is 0.0483 e. The fourth-order valence-corrected chi connectivity index (χ4v) is 2.53. The zero-order valence-corrected chi connectivity index (χ0v) is 8.05. The molecule has 1 saturated heterocycles. The standard InChI is InChI=1S/C10H20N2/c1-9-6-11-8-12(7-9)10-4-2-3-5-10/h9-11H,2-8H2,1H3. The first kappa shape index (κ1) is 8.52. The molecule has 1 N–H and O–H groups in total. The maximum Gasteiger partial charge on any atom is 0.0483 e. The van der Waals surface area contributed by atoms with E-state index in [2.05, 4.69) is 17.1 Å². The predicted molar refractivity (Wildman–Crippen MR) is 51.0 cm³/mol. The Morgan fingerprint density at radius 1 is 1.25 bits per heavy atom. The van der Waals surface area contributed by atoms with Crippen molar-refractivity contribution < 1.29 is 0 Å². The average Bonchev–Trinajstić information content (AvgIpc) is 2.56. The van der Waals surface area contributed by atoms with Crippen molar-refractivity contribution in [3.8, 4) is 0 Å². The van der Waals surface area contributed by atoms with Crippen molar-refractivity contribution in [2.24, 2.45) is 5.92 Å². The van der Waals surface area contributed by atoms with Gasteiger partial charge in [0.15, 0.2) is 0 Å². The largest absolute Gasteiger partial charge is 0.304 e. The molecule has 0 aromatic heterocycles. The van der Waals surface area contributed by atoms with E-state index in [1.165, 1.54) is 38.8 Å². The van der Waals surface area contributed by atoms with Crippen LogP contribution in [-0.2, 0) is 0 Å².